The van der Waals surface area contributed by atoms with Crippen molar-refractivity contribution in [3.63, 3.8) is 0 Å². The van der Waals surface area contributed by atoms with Crippen LogP contribution in [0.1, 0.15) is 24.1 Å². The number of benzene rings is 1. The van der Waals surface area contributed by atoms with Gasteiger partial charge in [-0.25, -0.2) is 13.8 Å². The fourth-order valence-electron chi connectivity index (χ4n) is 2.61. The predicted octanol–water partition coefficient (Wildman–Crippen LogP) is 2.68. The summed E-state index contributed by atoms with van der Waals surface area (Å²) in [4.78, 5) is 4.33. The molecule has 3 rings (SSSR count). The SMILES string of the molecule is NNc1c2c(nc3c(F)cc(F)cc13)CCCC2. The fourth-order valence-corrected chi connectivity index (χ4v) is 2.61. The Morgan fingerprint density at radius 2 is 1.94 bits per heavy atom. The molecule has 5 heteroatoms. The second-order valence-corrected chi connectivity index (χ2v) is 4.55. The first kappa shape index (κ1) is 11.3. The van der Waals surface area contributed by atoms with Crippen molar-refractivity contribution in [1.82, 2.24) is 4.98 Å². The minimum Gasteiger partial charge on any atom is -0.323 e. The lowest BCUT2D eigenvalue weighted by Crippen LogP contribution is -2.15. The number of halogens is 2. The number of nitrogen functional groups attached to an aromatic ring is 1. The molecule has 1 aromatic heterocycles. The zero-order valence-corrected chi connectivity index (χ0v) is 9.76. The molecule has 0 atom stereocenters. The third-order valence-electron chi connectivity index (χ3n) is 3.43. The van der Waals surface area contributed by atoms with Gasteiger partial charge in [-0.3, -0.25) is 5.84 Å². The molecule has 0 aliphatic heterocycles. The van der Waals surface area contributed by atoms with Crippen molar-refractivity contribution in [2.75, 3.05) is 5.43 Å². The first-order valence-corrected chi connectivity index (χ1v) is 5.98. The van der Waals surface area contributed by atoms with Crippen LogP contribution in [0.5, 0.6) is 0 Å². The van der Waals surface area contributed by atoms with Crippen LogP contribution in [-0.2, 0) is 12.8 Å². The zero-order chi connectivity index (χ0) is 12.7. The van der Waals surface area contributed by atoms with E-state index in [1.54, 1.807) is 0 Å². The van der Waals surface area contributed by atoms with Gasteiger partial charge in [-0.05, 0) is 37.3 Å². The second kappa shape index (κ2) is 4.17. The van der Waals surface area contributed by atoms with E-state index in [9.17, 15) is 8.78 Å². The average molecular weight is 249 g/mol. The summed E-state index contributed by atoms with van der Waals surface area (Å²) in [6.07, 6.45) is 3.75. The molecule has 2 aromatic rings. The summed E-state index contributed by atoms with van der Waals surface area (Å²) in [6.45, 7) is 0. The molecule has 3 nitrogen and oxygen atoms in total. The second-order valence-electron chi connectivity index (χ2n) is 4.55. The standard InChI is InChI=1S/C13H13F2N3/c14-7-5-9-12(18-16)8-3-1-2-4-11(8)17-13(9)10(15)6-7/h5-6H,1-4,16H2,(H,17,18). The Labute approximate surface area is 103 Å². The van der Waals surface area contributed by atoms with E-state index in [1.165, 1.54) is 6.07 Å². The molecule has 1 heterocycles. The number of aromatic nitrogens is 1. The summed E-state index contributed by atoms with van der Waals surface area (Å²) in [5, 5.41) is 0.413. The Hall–Kier alpha value is -1.75. The maximum Gasteiger partial charge on any atom is 0.152 e. The van der Waals surface area contributed by atoms with E-state index < -0.39 is 11.6 Å². The van der Waals surface area contributed by atoms with E-state index >= 15 is 0 Å². The molecule has 0 spiro atoms. The van der Waals surface area contributed by atoms with Gasteiger partial charge >= 0.3 is 0 Å². The van der Waals surface area contributed by atoms with Crippen LogP contribution in [0.3, 0.4) is 0 Å². The van der Waals surface area contributed by atoms with Crippen molar-refractivity contribution in [2.45, 2.75) is 25.7 Å². The molecule has 0 radical (unpaired) electrons. The third kappa shape index (κ3) is 1.62. The van der Waals surface area contributed by atoms with Gasteiger partial charge in [0.1, 0.15) is 11.3 Å². The molecule has 3 N–H and O–H groups in total. The van der Waals surface area contributed by atoms with Gasteiger partial charge in [0.2, 0.25) is 0 Å². The highest BCUT2D eigenvalue weighted by molar-refractivity contribution is 5.93. The summed E-state index contributed by atoms with van der Waals surface area (Å²) in [5.41, 5.74) is 5.22. The number of hydrogen-bond acceptors (Lipinski definition) is 3. The molecule has 0 fully saturated rings. The molecule has 0 bridgehead atoms. The molecule has 0 saturated carbocycles. The van der Waals surface area contributed by atoms with Gasteiger partial charge in [-0.15, -0.1) is 0 Å². The van der Waals surface area contributed by atoms with E-state index in [1.807, 2.05) is 0 Å². The molecular weight excluding hydrogens is 236 g/mol. The summed E-state index contributed by atoms with van der Waals surface area (Å²) in [7, 11) is 0. The lowest BCUT2D eigenvalue weighted by atomic mass is 9.93. The van der Waals surface area contributed by atoms with Gasteiger partial charge in [0, 0.05) is 17.1 Å². The number of aryl methyl sites for hydroxylation is 1. The molecular formula is C13H13F2N3. The van der Waals surface area contributed by atoms with Crippen LogP contribution in [0, 0.1) is 11.6 Å². The van der Waals surface area contributed by atoms with Crippen molar-refractivity contribution in [3.05, 3.63) is 35.0 Å². The first-order valence-electron chi connectivity index (χ1n) is 5.98. The predicted molar refractivity (Wildman–Crippen MR) is 66.1 cm³/mol. The van der Waals surface area contributed by atoms with Gasteiger partial charge in [-0.1, -0.05) is 0 Å². The van der Waals surface area contributed by atoms with Crippen molar-refractivity contribution in [3.8, 4) is 0 Å². The molecule has 18 heavy (non-hydrogen) atoms. The maximum absolute atomic E-state index is 13.8. The molecule has 0 saturated heterocycles. The monoisotopic (exact) mass is 249 g/mol. The van der Waals surface area contributed by atoms with Crippen LogP contribution in [0.4, 0.5) is 14.5 Å². The number of fused-ring (bicyclic) bond motifs is 2. The van der Waals surface area contributed by atoms with Gasteiger partial charge in [0.25, 0.3) is 0 Å². The number of nitrogens with zero attached hydrogens (tertiary/aromatic N) is 1. The highest BCUT2D eigenvalue weighted by Crippen LogP contribution is 2.33. The molecule has 0 unspecified atom stereocenters. The van der Waals surface area contributed by atoms with Crippen molar-refractivity contribution in [2.24, 2.45) is 5.84 Å². The average Bonchev–Trinajstić information content (AvgIpc) is 2.36. The van der Waals surface area contributed by atoms with E-state index in [4.69, 9.17) is 5.84 Å². The van der Waals surface area contributed by atoms with E-state index in [2.05, 4.69) is 10.4 Å². The molecule has 0 amide bonds. The molecule has 1 aromatic carbocycles. The van der Waals surface area contributed by atoms with Crippen LogP contribution in [0.15, 0.2) is 12.1 Å². The van der Waals surface area contributed by atoms with Crippen LogP contribution < -0.4 is 11.3 Å². The molecule has 94 valence electrons. The van der Waals surface area contributed by atoms with Crippen LogP contribution in [0.25, 0.3) is 10.9 Å². The Morgan fingerprint density at radius 1 is 1.17 bits per heavy atom. The Balaban J connectivity index is 2.40. The fraction of sp³-hybridized carbons (Fsp3) is 0.308. The quantitative estimate of drug-likeness (QED) is 0.603. The Morgan fingerprint density at radius 3 is 2.72 bits per heavy atom. The number of hydrogen-bond donors (Lipinski definition) is 2. The maximum atomic E-state index is 13.8. The summed E-state index contributed by atoms with van der Waals surface area (Å²) < 4.78 is 27.1. The number of hydrazine groups is 1. The lowest BCUT2D eigenvalue weighted by molar-refractivity contribution is 0.589. The molecule has 1 aliphatic rings. The number of nitrogens with two attached hydrogens (primary N) is 1. The van der Waals surface area contributed by atoms with Gasteiger partial charge in [0.05, 0.1) is 5.69 Å². The van der Waals surface area contributed by atoms with Gasteiger partial charge in [0.15, 0.2) is 5.82 Å². The normalized spacial score (nSPS) is 14.6. The van der Waals surface area contributed by atoms with Crippen LogP contribution in [0.2, 0.25) is 0 Å². The number of nitrogens with one attached hydrogen (secondary N) is 1. The van der Waals surface area contributed by atoms with Crippen LogP contribution >= 0.6 is 0 Å². The minimum atomic E-state index is -0.644. The van der Waals surface area contributed by atoms with Crippen molar-refractivity contribution in [1.29, 1.82) is 0 Å². The van der Waals surface area contributed by atoms with E-state index in [0.29, 0.717) is 11.1 Å². The zero-order valence-electron chi connectivity index (χ0n) is 9.76. The smallest absolute Gasteiger partial charge is 0.152 e. The van der Waals surface area contributed by atoms with Crippen LogP contribution in [-0.4, -0.2) is 4.98 Å². The third-order valence-corrected chi connectivity index (χ3v) is 3.43. The van der Waals surface area contributed by atoms with Gasteiger partial charge in [-0.2, -0.15) is 0 Å². The summed E-state index contributed by atoms with van der Waals surface area (Å²) >= 11 is 0. The Bertz CT molecular complexity index is 625. The van der Waals surface area contributed by atoms with Crippen molar-refractivity contribution >= 4 is 16.6 Å². The highest BCUT2D eigenvalue weighted by Gasteiger charge is 2.19. The first-order chi connectivity index (χ1) is 8.70. The van der Waals surface area contributed by atoms with Gasteiger partial charge < -0.3 is 5.43 Å². The summed E-state index contributed by atoms with van der Waals surface area (Å²) in [6, 6.07) is 2.13. The van der Waals surface area contributed by atoms with E-state index in [0.717, 1.165) is 43.0 Å². The van der Waals surface area contributed by atoms with E-state index in [-0.39, 0.29) is 5.52 Å². The Kier molecular flexibility index (Phi) is 2.63. The lowest BCUT2D eigenvalue weighted by Gasteiger charge is -2.20. The minimum absolute atomic E-state index is 0.185. The topological polar surface area (TPSA) is 50.9 Å². The largest absolute Gasteiger partial charge is 0.323 e. The number of pyridine rings is 1. The number of anilines is 1. The summed E-state index contributed by atoms with van der Waals surface area (Å²) in [5.74, 6) is 4.26. The highest BCUT2D eigenvalue weighted by atomic mass is 19.1. The molecule has 1 aliphatic carbocycles. The number of rotatable bonds is 1. The van der Waals surface area contributed by atoms with Crippen molar-refractivity contribution < 1.29 is 8.78 Å².